The number of fused-ring (bicyclic) bond motifs is 1. The standard InChI is InChI=1S/C28H25ClF3NO5/c1-16(21-10-8-19(13-22(21)29)18-6-3-17(4-7-18)5-12-26(35)36)27(37,28(30,31)32)20-9-11-24-23(14-20)33(2)25(34)15-38-24/h3-4,6-11,13-14,16,37H,5,12,15H2,1-2H3,(H,35,36). The van der Waals surface area contributed by atoms with Crippen molar-refractivity contribution in [3.8, 4) is 16.9 Å². The average molecular weight is 548 g/mol. The minimum atomic E-state index is -5.08. The van der Waals surface area contributed by atoms with Crippen LogP contribution in [0.5, 0.6) is 5.75 Å². The molecule has 0 saturated carbocycles. The van der Waals surface area contributed by atoms with Crippen LogP contribution in [-0.2, 0) is 21.6 Å². The summed E-state index contributed by atoms with van der Waals surface area (Å²) in [5.41, 5.74) is -1.31. The van der Waals surface area contributed by atoms with Gasteiger partial charge in [-0.25, -0.2) is 0 Å². The summed E-state index contributed by atoms with van der Waals surface area (Å²) in [6, 6.07) is 15.3. The largest absolute Gasteiger partial charge is 0.482 e. The molecule has 0 spiro atoms. The molecular weight excluding hydrogens is 523 g/mol. The van der Waals surface area contributed by atoms with Gasteiger partial charge in [0.15, 0.2) is 12.2 Å². The summed E-state index contributed by atoms with van der Waals surface area (Å²) in [4.78, 5) is 24.0. The lowest BCUT2D eigenvalue weighted by molar-refractivity contribution is -0.274. The Kier molecular flexibility index (Phi) is 7.45. The molecule has 0 fully saturated rings. The van der Waals surface area contributed by atoms with Gasteiger partial charge in [0.05, 0.1) is 5.69 Å². The zero-order valence-corrected chi connectivity index (χ0v) is 21.3. The lowest BCUT2D eigenvalue weighted by atomic mass is 9.77. The number of alkyl halides is 3. The first-order valence-corrected chi connectivity index (χ1v) is 12.1. The topological polar surface area (TPSA) is 87.1 Å². The lowest BCUT2D eigenvalue weighted by Gasteiger charge is -2.38. The summed E-state index contributed by atoms with van der Waals surface area (Å²) in [6.45, 7) is 1.02. The number of hydrogen-bond donors (Lipinski definition) is 2. The Hall–Kier alpha value is -3.56. The maximum Gasteiger partial charge on any atom is 0.422 e. The van der Waals surface area contributed by atoms with Gasteiger partial charge in [-0.1, -0.05) is 61.0 Å². The number of hydrogen-bond acceptors (Lipinski definition) is 4. The van der Waals surface area contributed by atoms with E-state index in [1.165, 1.54) is 37.1 Å². The molecule has 1 aliphatic rings. The first kappa shape index (κ1) is 27.5. The first-order valence-electron chi connectivity index (χ1n) is 11.8. The van der Waals surface area contributed by atoms with E-state index in [0.717, 1.165) is 23.3 Å². The zero-order valence-electron chi connectivity index (χ0n) is 20.6. The molecule has 4 rings (SSSR count). The first-order chi connectivity index (χ1) is 17.8. The van der Waals surface area contributed by atoms with Crippen molar-refractivity contribution >= 4 is 29.2 Å². The van der Waals surface area contributed by atoms with E-state index in [1.54, 1.807) is 30.3 Å². The number of carboxylic acid groups (broad SMARTS) is 1. The summed E-state index contributed by atoms with van der Waals surface area (Å²) >= 11 is 6.47. The van der Waals surface area contributed by atoms with Crippen LogP contribution in [0, 0.1) is 0 Å². The van der Waals surface area contributed by atoms with Crippen molar-refractivity contribution in [3.63, 3.8) is 0 Å². The van der Waals surface area contributed by atoms with Crippen molar-refractivity contribution in [2.45, 2.75) is 37.5 Å². The molecule has 3 aromatic carbocycles. The molecule has 38 heavy (non-hydrogen) atoms. The molecule has 0 saturated heterocycles. The number of carboxylic acids is 1. The van der Waals surface area contributed by atoms with Gasteiger partial charge in [-0.3, -0.25) is 9.59 Å². The van der Waals surface area contributed by atoms with Crippen molar-refractivity contribution in [1.29, 1.82) is 0 Å². The molecule has 200 valence electrons. The molecule has 3 aromatic rings. The van der Waals surface area contributed by atoms with E-state index in [4.69, 9.17) is 21.4 Å². The highest BCUT2D eigenvalue weighted by Crippen LogP contribution is 2.51. The Morgan fingerprint density at radius 2 is 1.74 bits per heavy atom. The third kappa shape index (κ3) is 5.08. The van der Waals surface area contributed by atoms with Crippen LogP contribution in [0.4, 0.5) is 18.9 Å². The molecule has 0 radical (unpaired) electrons. The average Bonchev–Trinajstić information content (AvgIpc) is 2.88. The maximum absolute atomic E-state index is 14.5. The van der Waals surface area contributed by atoms with Gasteiger partial charge in [-0.2, -0.15) is 13.2 Å². The normalized spacial score (nSPS) is 15.9. The lowest BCUT2D eigenvalue weighted by Crippen LogP contribution is -2.47. The highest BCUT2D eigenvalue weighted by molar-refractivity contribution is 6.31. The van der Waals surface area contributed by atoms with Crippen LogP contribution in [0.15, 0.2) is 60.7 Å². The predicted molar refractivity (Wildman–Crippen MR) is 137 cm³/mol. The third-order valence-corrected chi connectivity index (χ3v) is 7.25. The van der Waals surface area contributed by atoms with Crippen LogP contribution in [-0.4, -0.2) is 41.9 Å². The van der Waals surface area contributed by atoms with Gasteiger partial charge in [0.25, 0.3) is 5.91 Å². The van der Waals surface area contributed by atoms with Gasteiger partial charge < -0.3 is 19.8 Å². The summed E-state index contributed by atoms with van der Waals surface area (Å²) < 4.78 is 48.9. The fraction of sp³-hybridized carbons (Fsp3) is 0.286. The monoisotopic (exact) mass is 547 g/mol. The van der Waals surface area contributed by atoms with Crippen LogP contribution in [0.3, 0.4) is 0 Å². The summed E-state index contributed by atoms with van der Waals surface area (Å²) in [7, 11) is 1.43. The van der Waals surface area contributed by atoms with Crippen LogP contribution < -0.4 is 9.64 Å². The quantitative estimate of drug-likeness (QED) is 0.383. The van der Waals surface area contributed by atoms with Gasteiger partial charge in [0.1, 0.15) is 5.75 Å². The number of aryl methyl sites for hydroxylation is 1. The molecule has 0 aromatic heterocycles. The Morgan fingerprint density at radius 3 is 2.34 bits per heavy atom. The second kappa shape index (κ2) is 10.3. The van der Waals surface area contributed by atoms with E-state index in [1.807, 2.05) is 0 Å². The van der Waals surface area contributed by atoms with Gasteiger partial charge in [0, 0.05) is 24.4 Å². The van der Waals surface area contributed by atoms with Gasteiger partial charge >= 0.3 is 12.1 Å². The Balaban J connectivity index is 1.68. The second-order valence-corrected chi connectivity index (χ2v) is 9.64. The fourth-order valence-corrected chi connectivity index (χ4v) is 4.91. The number of halogens is 4. The molecule has 2 N–H and O–H groups in total. The SMILES string of the molecule is CC(c1ccc(-c2ccc(CCC(=O)O)cc2)cc1Cl)C(O)(c1ccc2c(c1)N(C)C(=O)CO2)C(F)(F)F. The zero-order chi connectivity index (χ0) is 27.8. The summed E-state index contributed by atoms with van der Waals surface area (Å²) in [6.07, 6.45) is -4.70. The summed E-state index contributed by atoms with van der Waals surface area (Å²) in [5.74, 6) is -2.59. The van der Waals surface area contributed by atoms with Crippen molar-refractivity contribution in [2.24, 2.45) is 0 Å². The molecule has 10 heteroatoms. The van der Waals surface area contributed by atoms with Crippen LogP contribution >= 0.6 is 11.6 Å². The van der Waals surface area contributed by atoms with E-state index in [2.05, 4.69) is 0 Å². The molecular formula is C28H25ClF3NO5. The van der Waals surface area contributed by atoms with Crippen LogP contribution in [0.1, 0.15) is 36.0 Å². The van der Waals surface area contributed by atoms with Crippen LogP contribution in [0.2, 0.25) is 5.02 Å². The molecule has 0 bridgehead atoms. The third-order valence-electron chi connectivity index (χ3n) is 6.93. The predicted octanol–water partition coefficient (Wildman–Crippen LogP) is 5.93. The van der Waals surface area contributed by atoms with E-state index in [-0.39, 0.29) is 35.1 Å². The number of likely N-dealkylation sites (N-methyl/N-ethyl adjacent to an activating group) is 1. The number of aliphatic hydroxyl groups is 1. The molecule has 2 unspecified atom stereocenters. The molecule has 1 aliphatic heterocycles. The highest BCUT2D eigenvalue weighted by Gasteiger charge is 2.59. The minimum absolute atomic E-state index is 0.00369. The number of nitrogens with zero attached hydrogens (tertiary/aromatic N) is 1. The van der Waals surface area contributed by atoms with E-state index < -0.39 is 35.1 Å². The summed E-state index contributed by atoms with van der Waals surface area (Å²) in [5, 5.41) is 20.1. The van der Waals surface area contributed by atoms with Crippen molar-refractivity contribution in [3.05, 3.63) is 82.4 Å². The Morgan fingerprint density at radius 1 is 1.08 bits per heavy atom. The number of carbonyl (C=O) groups excluding carboxylic acids is 1. The smallest absolute Gasteiger partial charge is 0.422 e. The molecule has 1 amide bonds. The number of benzene rings is 3. The van der Waals surface area contributed by atoms with Crippen molar-refractivity contribution in [2.75, 3.05) is 18.6 Å². The van der Waals surface area contributed by atoms with E-state index in [0.29, 0.717) is 12.0 Å². The second-order valence-electron chi connectivity index (χ2n) is 9.24. The van der Waals surface area contributed by atoms with Gasteiger partial charge in [-0.15, -0.1) is 0 Å². The number of anilines is 1. The van der Waals surface area contributed by atoms with E-state index >= 15 is 0 Å². The number of aliphatic carboxylic acids is 1. The molecule has 6 nitrogen and oxygen atoms in total. The highest BCUT2D eigenvalue weighted by atomic mass is 35.5. The van der Waals surface area contributed by atoms with Crippen molar-refractivity contribution < 1.29 is 37.7 Å². The molecule has 1 heterocycles. The van der Waals surface area contributed by atoms with E-state index in [9.17, 15) is 27.9 Å². The number of rotatable bonds is 7. The number of amides is 1. The molecule has 2 atom stereocenters. The molecule has 0 aliphatic carbocycles. The minimum Gasteiger partial charge on any atom is -0.482 e. The van der Waals surface area contributed by atoms with Gasteiger partial charge in [-0.05, 0) is 52.4 Å². The Labute approximate surface area is 222 Å². The Bertz CT molecular complexity index is 1380. The van der Waals surface area contributed by atoms with Crippen LogP contribution in [0.25, 0.3) is 11.1 Å². The fourth-order valence-electron chi connectivity index (χ4n) is 4.57. The number of carbonyl (C=O) groups is 2. The maximum atomic E-state index is 14.5. The van der Waals surface area contributed by atoms with Crippen molar-refractivity contribution in [1.82, 2.24) is 0 Å². The number of ether oxygens (including phenoxy) is 1. The van der Waals surface area contributed by atoms with Gasteiger partial charge in [0.2, 0.25) is 0 Å².